The fraction of sp³-hybridized carbons (Fsp3) is 0.529. The molecule has 1 fully saturated rings. The minimum atomic E-state index is -0.980. The SMILES string of the molecule is CCn1cc(CN2CCN(C(=O)c3ccn(C(C)C(=O)O)n3)CC2)cn1. The van der Waals surface area contributed by atoms with Crippen LogP contribution in [0, 0.1) is 0 Å². The molecular weight excluding hydrogens is 336 g/mol. The first-order valence-electron chi connectivity index (χ1n) is 8.79. The summed E-state index contributed by atoms with van der Waals surface area (Å²) < 4.78 is 3.21. The summed E-state index contributed by atoms with van der Waals surface area (Å²) in [5.41, 5.74) is 1.46. The van der Waals surface area contributed by atoms with Crippen LogP contribution < -0.4 is 0 Å². The molecule has 9 nitrogen and oxygen atoms in total. The standard InChI is InChI=1S/C17H24N6O3/c1-3-22-12-14(10-18-22)11-20-6-8-21(9-7-20)16(24)15-4-5-23(19-15)13(2)17(25)26/h4-5,10,12-13H,3,6-9,11H2,1-2H3,(H,25,26). The molecule has 0 aromatic carbocycles. The van der Waals surface area contributed by atoms with Crippen LogP contribution in [0.3, 0.4) is 0 Å². The van der Waals surface area contributed by atoms with Gasteiger partial charge in [0.15, 0.2) is 0 Å². The lowest BCUT2D eigenvalue weighted by molar-refractivity contribution is -0.140. The molecule has 1 atom stereocenters. The minimum Gasteiger partial charge on any atom is -0.480 e. The molecule has 2 aromatic heterocycles. The maximum atomic E-state index is 12.6. The summed E-state index contributed by atoms with van der Waals surface area (Å²) in [5.74, 6) is -1.13. The Bertz CT molecular complexity index is 775. The molecule has 0 aliphatic carbocycles. The van der Waals surface area contributed by atoms with Gasteiger partial charge in [-0.15, -0.1) is 0 Å². The number of hydrogen-bond acceptors (Lipinski definition) is 5. The number of aromatic nitrogens is 4. The van der Waals surface area contributed by atoms with Crippen LogP contribution in [-0.4, -0.2) is 72.5 Å². The largest absolute Gasteiger partial charge is 0.480 e. The molecule has 3 rings (SSSR count). The Morgan fingerprint density at radius 1 is 1.27 bits per heavy atom. The number of aliphatic carboxylic acids is 1. The predicted molar refractivity (Wildman–Crippen MR) is 93.7 cm³/mol. The highest BCUT2D eigenvalue weighted by Gasteiger charge is 2.25. The van der Waals surface area contributed by atoms with Crippen molar-refractivity contribution in [2.75, 3.05) is 26.2 Å². The summed E-state index contributed by atoms with van der Waals surface area (Å²) in [7, 11) is 0. The van der Waals surface area contributed by atoms with Crippen molar-refractivity contribution in [2.24, 2.45) is 0 Å². The van der Waals surface area contributed by atoms with Gasteiger partial charge in [0.2, 0.25) is 0 Å². The van der Waals surface area contributed by atoms with Crippen LogP contribution >= 0.6 is 0 Å². The highest BCUT2D eigenvalue weighted by Crippen LogP contribution is 2.12. The van der Waals surface area contributed by atoms with Crippen molar-refractivity contribution in [1.29, 1.82) is 0 Å². The lowest BCUT2D eigenvalue weighted by Crippen LogP contribution is -2.48. The average Bonchev–Trinajstić information content (AvgIpc) is 3.30. The number of rotatable bonds is 6. The van der Waals surface area contributed by atoms with Gasteiger partial charge in [-0.05, 0) is 19.9 Å². The third-order valence-corrected chi connectivity index (χ3v) is 4.66. The van der Waals surface area contributed by atoms with E-state index in [0.717, 1.165) is 26.2 Å². The van der Waals surface area contributed by atoms with Crippen LogP contribution in [0.1, 0.15) is 35.9 Å². The summed E-state index contributed by atoms with van der Waals surface area (Å²) in [6.07, 6.45) is 5.47. The predicted octanol–water partition coefficient (Wildman–Crippen LogP) is 0.703. The summed E-state index contributed by atoms with van der Waals surface area (Å²) >= 11 is 0. The van der Waals surface area contributed by atoms with Crippen LogP contribution in [0.15, 0.2) is 24.7 Å². The quantitative estimate of drug-likeness (QED) is 0.815. The van der Waals surface area contributed by atoms with Crippen LogP contribution in [0.2, 0.25) is 0 Å². The first-order chi connectivity index (χ1) is 12.5. The van der Waals surface area contributed by atoms with E-state index in [2.05, 4.69) is 22.0 Å². The molecule has 1 aliphatic rings. The van der Waals surface area contributed by atoms with E-state index in [0.29, 0.717) is 13.1 Å². The number of carboxylic acids is 1. The summed E-state index contributed by atoms with van der Waals surface area (Å²) in [6, 6.07) is 0.783. The van der Waals surface area contributed by atoms with Crippen LogP contribution in [0.4, 0.5) is 0 Å². The van der Waals surface area contributed by atoms with Gasteiger partial charge in [-0.25, -0.2) is 4.79 Å². The zero-order valence-corrected chi connectivity index (χ0v) is 15.1. The molecule has 2 aromatic rings. The summed E-state index contributed by atoms with van der Waals surface area (Å²) in [5, 5.41) is 17.4. The molecule has 0 bridgehead atoms. The van der Waals surface area contributed by atoms with Crippen molar-refractivity contribution < 1.29 is 14.7 Å². The summed E-state index contributed by atoms with van der Waals surface area (Å²) in [6.45, 7) is 8.10. The molecule has 1 aliphatic heterocycles. The number of carbonyl (C=O) groups excluding carboxylic acids is 1. The number of amides is 1. The normalized spacial score (nSPS) is 16.6. The third kappa shape index (κ3) is 3.93. The lowest BCUT2D eigenvalue weighted by Gasteiger charge is -2.34. The van der Waals surface area contributed by atoms with Gasteiger partial charge in [0.25, 0.3) is 5.91 Å². The van der Waals surface area contributed by atoms with Crippen molar-refractivity contribution in [1.82, 2.24) is 29.4 Å². The van der Waals surface area contributed by atoms with Gasteiger partial charge in [-0.3, -0.25) is 19.1 Å². The van der Waals surface area contributed by atoms with Gasteiger partial charge in [0.05, 0.1) is 6.20 Å². The van der Waals surface area contributed by atoms with E-state index >= 15 is 0 Å². The van der Waals surface area contributed by atoms with Gasteiger partial charge in [0.1, 0.15) is 11.7 Å². The van der Waals surface area contributed by atoms with Gasteiger partial charge in [0, 0.05) is 57.2 Å². The second-order valence-electron chi connectivity index (χ2n) is 6.47. The van der Waals surface area contributed by atoms with Crippen molar-refractivity contribution in [3.8, 4) is 0 Å². The van der Waals surface area contributed by atoms with E-state index < -0.39 is 12.0 Å². The second-order valence-corrected chi connectivity index (χ2v) is 6.47. The monoisotopic (exact) mass is 360 g/mol. The van der Waals surface area contributed by atoms with E-state index in [9.17, 15) is 9.59 Å². The number of hydrogen-bond donors (Lipinski definition) is 1. The number of carbonyl (C=O) groups is 2. The molecule has 1 saturated heterocycles. The van der Waals surface area contributed by atoms with Crippen LogP contribution in [-0.2, 0) is 17.9 Å². The second kappa shape index (κ2) is 7.69. The van der Waals surface area contributed by atoms with Crippen LogP contribution in [0.5, 0.6) is 0 Å². The van der Waals surface area contributed by atoms with E-state index in [1.54, 1.807) is 11.0 Å². The van der Waals surface area contributed by atoms with E-state index in [1.165, 1.54) is 23.4 Å². The molecule has 26 heavy (non-hydrogen) atoms. The molecule has 0 radical (unpaired) electrons. The maximum Gasteiger partial charge on any atom is 0.328 e. The number of piperazine rings is 1. The van der Waals surface area contributed by atoms with E-state index in [1.807, 2.05) is 17.1 Å². The highest BCUT2D eigenvalue weighted by atomic mass is 16.4. The van der Waals surface area contributed by atoms with E-state index in [4.69, 9.17) is 5.11 Å². The zero-order valence-electron chi connectivity index (χ0n) is 15.1. The molecule has 1 unspecified atom stereocenters. The van der Waals surface area contributed by atoms with Crippen molar-refractivity contribution >= 4 is 11.9 Å². The molecular formula is C17H24N6O3. The highest BCUT2D eigenvalue weighted by molar-refractivity contribution is 5.92. The zero-order chi connectivity index (χ0) is 18.7. The molecule has 0 spiro atoms. The Labute approximate surface area is 151 Å². The maximum absolute atomic E-state index is 12.6. The fourth-order valence-corrected chi connectivity index (χ4v) is 2.97. The number of aryl methyl sites for hydroxylation is 1. The van der Waals surface area contributed by atoms with Gasteiger partial charge in [-0.1, -0.05) is 0 Å². The smallest absolute Gasteiger partial charge is 0.328 e. The Hall–Kier alpha value is -2.68. The molecule has 0 saturated carbocycles. The van der Waals surface area contributed by atoms with Gasteiger partial charge in [-0.2, -0.15) is 10.2 Å². The Morgan fingerprint density at radius 2 is 2.00 bits per heavy atom. The molecule has 140 valence electrons. The van der Waals surface area contributed by atoms with E-state index in [-0.39, 0.29) is 11.6 Å². The lowest BCUT2D eigenvalue weighted by atomic mass is 10.2. The molecule has 1 N–H and O–H groups in total. The minimum absolute atomic E-state index is 0.153. The Kier molecular flexibility index (Phi) is 5.36. The number of carboxylic acid groups (broad SMARTS) is 1. The van der Waals surface area contributed by atoms with Crippen molar-refractivity contribution in [2.45, 2.75) is 33.0 Å². The summed E-state index contributed by atoms with van der Waals surface area (Å²) in [4.78, 5) is 27.7. The Morgan fingerprint density at radius 3 is 2.62 bits per heavy atom. The van der Waals surface area contributed by atoms with Crippen molar-refractivity contribution in [3.63, 3.8) is 0 Å². The first kappa shape index (κ1) is 18.1. The van der Waals surface area contributed by atoms with Crippen LogP contribution in [0.25, 0.3) is 0 Å². The molecule has 1 amide bonds. The first-order valence-corrected chi connectivity index (χ1v) is 8.79. The number of nitrogens with zero attached hydrogens (tertiary/aromatic N) is 6. The van der Waals surface area contributed by atoms with Gasteiger partial charge < -0.3 is 10.0 Å². The molecule has 3 heterocycles. The Balaban J connectivity index is 1.54. The van der Waals surface area contributed by atoms with Crippen molar-refractivity contribution in [3.05, 3.63) is 35.9 Å². The average molecular weight is 360 g/mol. The third-order valence-electron chi connectivity index (χ3n) is 4.66. The fourth-order valence-electron chi connectivity index (χ4n) is 2.97. The molecule has 9 heteroatoms. The van der Waals surface area contributed by atoms with Gasteiger partial charge >= 0.3 is 5.97 Å². The topological polar surface area (TPSA) is 96.5 Å².